The van der Waals surface area contributed by atoms with Crippen LogP contribution in [-0.4, -0.2) is 39.3 Å². The summed E-state index contributed by atoms with van der Waals surface area (Å²) in [5.41, 5.74) is 10.7. The van der Waals surface area contributed by atoms with Crippen molar-refractivity contribution in [1.29, 1.82) is 0 Å². The van der Waals surface area contributed by atoms with Crippen LogP contribution in [0.1, 0.15) is 72.1 Å². The molecule has 1 atom stereocenters. The van der Waals surface area contributed by atoms with E-state index in [1.807, 2.05) is 0 Å². The third-order valence-corrected chi connectivity index (χ3v) is 3.83. The maximum atomic E-state index is 5.39. The van der Waals surface area contributed by atoms with E-state index in [1.165, 1.54) is 51.4 Å². The van der Waals surface area contributed by atoms with E-state index in [2.05, 4.69) is 31.4 Å². The molecule has 0 aromatic carbocycles. The lowest BCUT2D eigenvalue weighted by Gasteiger charge is -2.14. The van der Waals surface area contributed by atoms with E-state index in [-0.39, 0.29) is 0 Å². The molecule has 0 rings (SSSR count). The Morgan fingerprint density at radius 2 is 1.36 bits per heavy atom. The van der Waals surface area contributed by atoms with Crippen LogP contribution in [0.25, 0.3) is 0 Å². The predicted molar refractivity (Wildman–Crippen MR) is 101 cm³/mol. The Labute approximate surface area is 140 Å². The van der Waals surface area contributed by atoms with Crippen LogP contribution in [0.4, 0.5) is 0 Å². The molecule has 0 aromatic rings. The van der Waals surface area contributed by atoms with Crippen molar-refractivity contribution >= 4 is 0 Å². The minimum atomic E-state index is 0.754. The van der Waals surface area contributed by atoms with Gasteiger partial charge in [-0.05, 0) is 31.8 Å². The first-order valence-electron chi connectivity index (χ1n) is 9.58. The van der Waals surface area contributed by atoms with Gasteiger partial charge in [-0.3, -0.25) is 0 Å². The second-order valence-corrected chi connectivity index (χ2v) is 6.01. The fourth-order valence-electron chi connectivity index (χ4n) is 2.26. The van der Waals surface area contributed by atoms with Crippen LogP contribution >= 0.6 is 0 Å². The van der Waals surface area contributed by atoms with Gasteiger partial charge in [0.1, 0.15) is 0 Å². The molecule has 1 unspecified atom stereocenters. The summed E-state index contributed by atoms with van der Waals surface area (Å²) < 4.78 is 0. The van der Waals surface area contributed by atoms with Crippen molar-refractivity contribution < 1.29 is 0 Å². The van der Waals surface area contributed by atoms with E-state index in [0.717, 1.165) is 45.2 Å². The van der Waals surface area contributed by atoms with Crippen LogP contribution < -0.4 is 22.1 Å². The van der Waals surface area contributed by atoms with Crippen LogP contribution in [-0.2, 0) is 0 Å². The van der Waals surface area contributed by atoms with E-state index < -0.39 is 0 Å². The summed E-state index contributed by atoms with van der Waals surface area (Å²) in [7, 11) is 0. The van der Waals surface area contributed by atoms with Crippen LogP contribution in [0.5, 0.6) is 0 Å². The quantitative estimate of drug-likeness (QED) is 0.350. The molecule has 6 N–H and O–H groups in total. The molecule has 0 saturated carbocycles. The van der Waals surface area contributed by atoms with Crippen LogP contribution in [0.15, 0.2) is 0 Å². The van der Waals surface area contributed by atoms with E-state index in [4.69, 9.17) is 11.5 Å². The second kappa shape index (κ2) is 23.1. The first-order chi connectivity index (χ1) is 10.8. The molecule has 0 spiro atoms. The monoisotopic (exact) mass is 316 g/mol. The van der Waals surface area contributed by atoms with E-state index in [9.17, 15) is 0 Å². The number of nitrogens with one attached hydrogen (secondary N) is 2. The summed E-state index contributed by atoms with van der Waals surface area (Å²) in [4.78, 5) is 0. The molecular formula is C18H44N4. The topological polar surface area (TPSA) is 76.1 Å². The van der Waals surface area contributed by atoms with E-state index in [1.54, 1.807) is 0 Å². The fourth-order valence-corrected chi connectivity index (χ4v) is 2.26. The molecule has 0 aliphatic carbocycles. The highest BCUT2D eigenvalue weighted by Crippen LogP contribution is 2.10. The molecule has 0 bridgehead atoms. The minimum Gasteiger partial charge on any atom is -0.329 e. The minimum absolute atomic E-state index is 0.754. The normalized spacial score (nSPS) is 11.9. The fraction of sp³-hybridized carbons (Fsp3) is 1.00. The molecular weight excluding hydrogens is 272 g/mol. The SMILES string of the molecule is CCCCC(CC)CNCCN.CCCCCCNCCN. The van der Waals surface area contributed by atoms with Crippen molar-refractivity contribution in [3.63, 3.8) is 0 Å². The second-order valence-electron chi connectivity index (χ2n) is 6.01. The lowest BCUT2D eigenvalue weighted by molar-refractivity contribution is 0.422. The molecule has 4 heteroatoms. The Morgan fingerprint density at radius 1 is 0.727 bits per heavy atom. The van der Waals surface area contributed by atoms with Gasteiger partial charge in [0.2, 0.25) is 0 Å². The summed E-state index contributed by atoms with van der Waals surface area (Å²) >= 11 is 0. The maximum Gasteiger partial charge on any atom is 0.00746 e. The highest BCUT2D eigenvalue weighted by atomic mass is 14.9. The van der Waals surface area contributed by atoms with Crippen molar-refractivity contribution in [1.82, 2.24) is 10.6 Å². The number of hydrogen-bond acceptors (Lipinski definition) is 4. The lowest BCUT2D eigenvalue weighted by Crippen LogP contribution is -2.27. The van der Waals surface area contributed by atoms with Gasteiger partial charge in [-0.1, -0.05) is 59.3 Å². The maximum absolute atomic E-state index is 5.39. The van der Waals surface area contributed by atoms with Gasteiger partial charge in [0.05, 0.1) is 0 Å². The Balaban J connectivity index is 0. The molecule has 0 heterocycles. The van der Waals surface area contributed by atoms with Crippen molar-refractivity contribution in [2.24, 2.45) is 17.4 Å². The van der Waals surface area contributed by atoms with Gasteiger partial charge in [0, 0.05) is 26.2 Å². The molecule has 0 fully saturated rings. The zero-order chi connectivity index (χ0) is 16.9. The molecule has 136 valence electrons. The van der Waals surface area contributed by atoms with Gasteiger partial charge in [0.25, 0.3) is 0 Å². The summed E-state index contributed by atoms with van der Waals surface area (Å²) in [5.74, 6) is 0.858. The van der Waals surface area contributed by atoms with Crippen LogP contribution in [0, 0.1) is 5.92 Å². The van der Waals surface area contributed by atoms with E-state index in [0.29, 0.717) is 0 Å². The summed E-state index contributed by atoms with van der Waals surface area (Å²) in [6.07, 6.45) is 10.7. The molecule has 0 saturated heterocycles. The molecule has 0 aromatic heterocycles. The predicted octanol–water partition coefficient (Wildman–Crippen LogP) is 2.87. The number of hydrogen-bond donors (Lipinski definition) is 4. The van der Waals surface area contributed by atoms with Crippen molar-refractivity contribution in [2.45, 2.75) is 72.1 Å². The molecule has 0 amide bonds. The zero-order valence-corrected chi connectivity index (χ0v) is 15.6. The summed E-state index contributed by atoms with van der Waals surface area (Å²) in [6, 6.07) is 0. The van der Waals surface area contributed by atoms with Gasteiger partial charge >= 0.3 is 0 Å². The molecule has 22 heavy (non-hydrogen) atoms. The average molecular weight is 317 g/mol. The highest BCUT2D eigenvalue weighted by molar-refractivity contribution is 4.60. The first kappa shape index (κ1) is 24.1. The third kappa shape index (κ3) is 22.1. The third-order valence-electron chi connectivity index (χ3n) is 3.83. The van der Waals surface area contributed by atoms with Gasteiger partial charge in [-0.2, -0.15) is 0 Å². The number of rotatable bonds is 15. The molecule has 0 radical (unpaired) electrons. The largest absolute Gasteiger partial charge is 0.329 e. The van der Waals surface area contributed by atoms with Crippen molar-refractivity contribution in [3.05, 3.63) is 0 Å². The first-order valence-corrected chi connectivity index (χ1v) is 9.58. The van der Waals surface area contributed by atoms with Crippen LogP contribution in [0.2, 0.25) is 0 Å². The average Bonchev–Trinajstić information content (AvgIpc) is 2.55. The Morgan fingerprint density at radius 3 is 1.91 bits per heavy atom. The van der Waals surface area contributed by atoms with Gasteiger partial charge in [-0.25, -0.2) is 0 Å². The Kier molecular flexibility index (Phi) is 25.3. The van der Waals surface area contributed by atoms with Gasteiger partial charge in [-0.15, -0.1) is 0 Å². The molecule has 0 aliphatic rings. The smallest absolute Gasteiger partial charge is 0.00746 e. The number of nitrogens with two attached hydrogens (primary N) is 2. The summed E-state index contributed by atoms with van der Waals surface area (Å²) in [6.45, 7) is 12.5. The van der Waals surface area contributed by atoms with Gasteiger partial charge in [0.15, 0.2) is 0 Å². The Hall–Kier alpha value is -0.160. The number of unbranched alkanes of at least 4 members (excludes halogenated alkanes) is 4. The van der Waals surface area contributed by atoms with Gasteiger partial charge < -0.3 is 22.1 Å². The molecule has 0 aliphatic heterocycles. The van der Waals surface area contributed by atoms with Crippen molar-refractivity contribution in [3.8, 4) is 0 Å². The molecule has 4 nitrogen and oxygen atoms in total. The Bertz CT molecular complexity index is 168. The standard InChI is InChI=1S/C10H24N2.C8H20N2/c1-3-5-6-10(4-2)9-12-8-7-11;1-2-3-4-5-7-10-8-6-9/h10,12H,3-9,11H2,1-2H3;10H,2-9H2,1H3. The summed E-state index contributed by atoms with van der Waals surface area (Å²) in [5, 5.41) is 6.64. The zero-order valence-electron chi connectivity index (χ0n) is 15.6. The van der Waals surface area contributed by atoms with Crippen LogP contribution in [0.3, 0.4) is 0 Å². The van der Waals surface area contributed by atoms with E-state index >= 15 is 0 Å². The lowest BCUT2D eigenvalue weighted by atomic mass is 9.99. The van der Waals surface area contributed by atoms with Crippen molar-refractivity contribution in [2.75, 3.05) is 39.3 Å². The highest BCUT2D eigenvalue weighted by Gasteiger charge is 2.03.